The van der Waals surface area contributed by atoms with E-state index in [0.29, 0.717) is 13.2 Å². The molecule has 1 N–H and O–H groups in total. The molecule has 0 spiro atoms. The monoisotopic (exact) mass is 381 g/mol. The van der Waals surface area contributed by atoms with Gasteiger partial charge in [0.25, 0.3) is 0 Å². The van der Waals surface area contributed by atoms with Gasteiger partial charge < -0.3 is 19.5 Å². The van der Waals surface area contributed by atoms with Crippen LogP contribution in [0.4, 0.5) is 0 Å². The van der Waals surface area contributed by atoms with Crippen LogP contribution in [-0.4, -0.2) is 26.2 Å². The Morgan fingerprint density at radius 1 is 1.11 bits per heavy atom. The molecule has 5 nitrogen and oxygen atoms in total. The molecule has 1 aliphatic heterocycles. The number of fused-ring (bicyclic) bond motifs is 1. The minimum atomic E-state index is -0.145. The second-order valence-corrected chi connectivity index (χ2v) is 7.10. The first-order valence-electron chi connectivity index (χ1n) is 9.59. The molecular weight excluding hydrogens is 354 g/mol. The maximum Gasteiger partial charge on any atom is 0.244 e. The third kappa shape index (κ3) is 5.06. The smallest absolute Gasteiger partial charge is 0.244 e. The SMILES string of the molecule is COc1cccc(/C=C/C(=O)NC(c2ccc3c(c2)OCCCO3)C(C)C)c1. The van der Waals surface area contributed by atoms with E-state index in [4.69, 9.17) is 14.2 Å². The zero-order valence-corrected chi connectivity index (χ0v) is 16.6. The van der Waals surface area contributed by atoms with E-state index in [1.807, 2.05) is 42.5 Å². The molecule has 1 unspecified atom stereocenters. The fraction of sp³-hybridized carbons (Fsp3) is 0.348. The molecule has 1 amide bonds. The summed E-state index contributed by atoms with van der Waals surface area (Å²) in [7, 11) is 1.62. The van der Waals surface area contributed by atoms with Gasteiger partial charge in [-0.1, -0.05) is 32.0 Å². The van der Waals surface area contributed by atoms with Gasteiger partial charge in [0.15, 0.2) is 11.5 Å². The van der Waals surface area contributed by atoms with E-state index < -0.39 is 0 Å². The lowest BCUT2D eigenvalue weighted by atomic mass is 9.95. The molecule has 148 valence electrons. The van der Waals surface area contributed by atoms with Gasteiger partial charge in [-0.25, -0.2) is 0 Å². The Morgan fingerprint density at radius 2 is 1.89 bits per heavy atom. The number of amides is 1. The largest absolute Gasteiger partial charge is 0.497 e. The molecule has 2 aromatic rings. The Morgan fingerprint density at radius 3 is 2.64 bits per heavy atom. The molecule has 0 saturated carbocycles. The maximum absolute atomic E-state index is 12.5. The fourth-order valence-electron chi connectivity index (χ4n) is 3.13. The highest BCUT2D eigenvalue weighted by Gasteiger charge is 2.20. The lowest BCUT2D eigenvalue weighted by Crippen LogP contribution is -2.30. The van der Waals surface area contributed by atoms with Crippen molar-refractivity contribution >= 4 is 12.0 Å². The quantitative estimate of drug-likeness (QED) is 0.755. The minimum absolute atomic E-state index is 0.125. The first kappa shape index (κ1) is 19.8. The van der Waals surface area contributed by atoms with Crippen molar-refractivity contribution in [2.75, 3.05) is 20.3 Å². The summed E-state index contributed by atoms with van der Waals surface area (Å²) < 4.78 is 16.7. The molecule has 3 rings (SSSR count). The summed E-state index contributed by atoms with van der Waals surface area (Å²) in [6.07, 6.45) is 4.19. The van der Waals surface area contributed by atoms with E-state index in [-0.39, 0.29) is 17.9 Å². The first-order chi connectivity index (χ1) is 13.6. The molecule has 0 bridgehead atoms. The van der Waals surface area contributed by atoms with Crippen molar-refractivity contribution in [1.82, 2.24) is 5.32 Å². The van der Waals surface area contributed by atoms with Gasteiger partial charge in [-0.05, 0) is 47.4 Å². The molecule has 0 aliphatic carbocycles. The molecule has 1 heterocycles. The van der Waals surface area contributed by atoms with Crippen LogP contribution in [0.5, 0.6) is 17.2 Å². The summed E-state index contributed by atoms with van der Waals surface area (Å²) >= 11 is 0. The molecule has 0 fully saturated rings. The standard InChI is InChI=1S/C23H27NO4/c1-16(2)23(18-9-10-20-21(15-18)28-13-5-12-27-20)24-22(25)11-8-17-6-4-7-19(14-17)26-3/h4,6-11,14-16,23H,5,12-13H2,1-3H3,(H,24,25)/b11-8+. The number of carbonyl (C=O) groups is 1. The molecule has 0 saturated heterocycles. The highest BCUT2D eigenvalue weighted by molar-refractivity contribution is 5.92. The number of ether oxygens (including phenoxy) is 3. The van der Waals surface area contributed by atoms with Gasteiger partial charge in [0.1, 0.15) is 5.75 Å². The number of rotatable bonds is 6. The fourth-order valence-corrected chi connectivity index (χ4v) is 3.13. The van der Waals surface area contributed by atoms with E-state index in [1.54, 1.807) is 19.3 Å². The Bertz CT molecular complexity index is 844. The zero-order valence-electron chi connectivity index (χ0n) is 16.6. The summed E-state index contributed by atoms with van der Waals surface area (Å²) in [5.41, 5.74) is 1.91. The van der Waals surface area contributed by atoms with Gasteiger partial charge in [-0.15, -0.1) is 0 Å². The average Bonchev–Trinajstić information content (AvgIpc) is 2.95. The first-order valence-corrected chi connectivity index (χ1v) is 9.59. The van der Waals surface area contributed by atoms with Gasteiger partial charge in [0.05, 0.1) is 26.4 Å². The molecule has 2 aromatic carbocycles. The lowest BCUT2D eigenvalue weighted by molar-refractivity contribution is -0.117. The summed E-state index contributed by atoms with van der Waals surface area (Å²) in [5, 5.41) is 3.10. The lowest BCUT2D eigenvalue weighted by Gasteiger charge is -2.23. The normalized spacial score (nSPS) is 14.6. The van der Waals surface area contributed by atoms with Crippen molar-refractivity contribution in [3.63, 3.8) is 0 Å². The van der Waals surface area contributed by atoms with Crippen molar-refractivity contribution < 1.29 is 19.0 Å². The molecule has 28 heavy (non-hydrogen) atoms. The van der Waals surface area contributed by atoms with E-state index in [9.17, 15) is 4.79 Å². The van der Waals surface area contributed by atoms with Crippen LogP contribution in [0, 0.1) is 5.92 Å². The van der Waals surface area contributed by atoms with Crippen molar-refractivity contribution in [1.29, 1.82) is 0 Å². The molecule has 5 heteroatoms. The third-order valence-electron chi connectivity index (χ3n) is 4.62. The Labute approximate surface area is 166 Å². The van der Waals surface area contributed by atoms with Gasteiger partial charge in [0, 0.05) is 12.5 Å². The van der Waals surface area contributed by atoms with Crippen molar-refractivity contribution in [3.05, 3.63) is 59.7 Å². The van der Waals surface area contributed by atoms with Crippen molar-refractivity contribution in [2.24, 2.45) is 5.92 Å². The minimum Gasteiger partial charge on any atom is -0.497 e. The highest BCUT2D eigenvalue weighted by Crippen LogP contribution is 2.34. The molecule has 1 atom stereocenters. The van der Waals surface area contributed by atoms with E-state index in [2.05, 4.69) is 19.2 Å². The predicted molar refractivity (Wildman–Crippen MR) is 110 cm³/mol. The second kappa shape index (κ2) is 9.31. The van der Waals surface area contributed by atoms with E-state index >= 15 is 0 Å². The highest BCUT2D eigenvalue weighted by atomic mass is 16.5. The third-order valence-corrected chi connectivity index (χ3v) is 4.62. The zero-order chi connectivity index (χ0) is 19.9. The van der Waals surface area contributed by atoms with Crippen LogP contribution in [0.2, 0.25) is 0 Å². The van der Waals surface area contributed by atoms with E-state index in [0.717, 1.165) is 34.8 Å². The summed E-state index contributed by atoms with van der Waals surface area (Å²) in [4.78, 5) is 12.5. The van der Waals surface area contributed by atoms with Gasteiger partial charge in [0.2, 0.25) is 5.91 Å². The molecule has 0 aromatic heterocycles. The van der Waals surface area contributed by atoms with Crippen LogP contribution < -0.4 is 19.5 Å². The Balaban J connectivity index is 1.73. The number of carbonyl (C=O) groups excluding carboxylic acids is 1. The number of nitrogens with one attached hydrogen (secondary N) is 1. The predicted octanol–water partition coefficient (Wildman–Crippen LogP) is 4.38. The van der Waals surface area contributed by atoms with Crippen LogP contribution in [0.15, 0.2) is 48.5 Å². The number of hydrogen-bond acceptors (Lipinski definition) is 4. The van der Waals surface area contributed by atoms with Crippen molar-refractivity contribution in [2.45, 2.75) is 26.3 Å². The number of methoxy groups -OCH3 is 1. The van der Waals surface area contributed by atoms with E-state index in [1.165, 1.54) is 0 Å². The van der Waals surface area contributed by atoms with Crippen LogP contribution in [0.25, 0.3) is 6.08 Å². The van der Waals surface area contributed by atoms with Crippen LogP contribution >= 0.6 is 0 Å². The van der Waals surface area contributed by atoms with Gasteiger partial charge in [-0.3, -0.25) is 4.79 Å². The molecular formula is C23H27NO4. The summed E-state index contributed by atoms with van der Waals surface area (Å²) in [6, 6.07) is 13.3. The van der Waals surface area contributed by atoms with Crippen molar-refractivity contribution in [3.8, 4) is 17.2 Å². The number of benzene rings is 2. The van der Waals surface area contributed by atoms with Gasteiger partial charge in [-0.2, -0.15) is 0 Å². The second-order valence-electron chi connectivity index (χ2n) is 7.10. The van der Waals surface area contributed by atoms with Crippen LogP contribution in [0.3, 0.4) is 0 Å². The topological polar surface area (TPSA) is 56.8 Å². The average molecular weight is 381 g/mol. The Kier molecular flexibility index (Phi) is 6.58. The maximum atomic E-state index is 12.5. The molecule has 1 aliphatic rings. The summed E-state index contributed by atoms with van der Waals surface area (Å²) in [5.74, 6) is 2.33. The Hall–Kier alpha value is -2.95. The number of hydrogen-bond donors (Lipinski definition) is 1. The van der Waals surface area contributed by atoms with Gasteiger partial charge >= 0.3 is 0 Å². The molecule has 0 radical (unpaired) electrons. The van der Waals surface area contributed by atoms with Crippen LogP contribution in [0.1, 0.15) is 37.4 Å². The van der Waals surface area contributed by atoms with Crippen LogP contribution in [-0.2, 0) is 4.79 Å². The summed E-state index contributed by atoms with van der Waals surface area (Å²) in [6.45, 7) is 5.46.